The lowest BCUT2D eigenvalue weighted by Gasteiger charge is -2.17. The lowest BCUT2D eigenvalue weighted by Crippen LogP contribution is -2.44. The Balaban J connectivity index is 1.39. The molecule has 0 spiro atoms. The number of nitrogens with one attached hydrogen (secondary N) is 2. The zero-order valence-corrected chi connectivity index (χ0v) is 18.4. The van der Waals surface area contributed by atoms with Crippen LogP contribution >= 0.6 is 0 Å². The highest BCUT2D eigenvalue weighted by Gasteiger charge is 2.25. The van der Waals surface area contributed by atoms with Gasteiger partial charge in [-0.25, -0.2) is 9.59 Å². The Morgan fingerprint density at radius 3 is 2.18 bits per heavy atom. The number of aromatic amines is 1. The normalized spacial score (nSPS) is 11.5. The maximum atomic E-state index is 12.8. The smallest absolute Gasteiger partial charge is 0.408 e. The van der Waals surface area contributed by atoms with Gasteiger partial charge in [0, 0.05) is 29.1 Å². The number of carbonyl (C=O) groups excluding carboxylic acids is 3. The molecule has 0 saturated heterocycles. The third-order valence-corrected chi connectivity index (χ3v) is 5.31. The molecule has 3 aromatic carbocycles. The van der Waals surface area contributed by atoms with Gasteiger partial charge in [0.1, 0.15) is 12.6 Å². The summed E-state index contributed by atoms with van der Waals surface area (Å²) < 4.78 is 10.6. The minimum Gasteiger partial charge on any atom is -0.456 e. The van der Waals surface area contributed by atoms with Gasteiger partial charge in [0.05, 0.1) is 0 Å². The predicted molar refractivity (Wildman–Crippen MR) is 127 cm³/mol. The summed E-state index contributed by atoms with van der Waals surface area (Å²) in [6.07, 6.45) is 1.05. The van der Waals surface area contributed by atoms with Crippen molar-refractivity contribution in [1.82, 2.24) is 10.3 Å². The van der Waals surface area contributed by atoms with Gasteiger partial charge in [0.15, 0.2) is 6.61 Å². The van der Waals surface area contributed by atoms with Crippen molar-refractivity contribution in [3.8, 4) is 0 Å². The van der Waals surface area contributed by atoms with Crippen molar-refractivity contribution in [1.29, 1.82) is 0 Å². The van der Waals surface area contributed by atoms with Crippen LogP contribution in [0.4, 0.5) is 4.79 Å². The first-order chi connectivity index (χ1) is 16.6. The van der Waals surface area contributed by atoms with E-state index in [0.29, 0.717) is 5.56 Å². The number of esters is 1. The van der Waals surface area contributed by atoms with Gasteiger partial charge in [0.2, 0.25) is 5.78 Å². The Bertz CT molecular complexity index is 1270. The number of carbonyl (C=O) groups is 3. The molecule has 1 amide bonds. The SMILES string of the molecule is O=C(NC(Cc1ccccc1)C(=O)OCC(=O)c1c[nH]c2ccccc12)OCc1ccccc1. The lowest BCUT2D eigenvalue weighted by molar-refractivity contribution is -0.144. The van der Waals surface area contributed by atoms with Crippen molar-refractivity contribution in [2.45, 2.75) is 19.1 Å². The maximum Gasteiger partial charge on any atom is 0.408 e. The first kappa shape index (κ1) is 22.8. The highest BCUT2D eigenvalue weighted by atomic mass is 16.6. The second-order valence-corrected chi connectivity index (χ2v) is 7.73. The molecule has 0 fully saturated rings. The van der Waals surface area contributed by atoms with Crippen LogP contribution in [0.1, 0.15) is 21.5 Å². The highest BCUT2D eigenvalue weighted by molar-refractivity contribution is 6.08. The van der Waals surface area contributed by atoms with E-state index >= 15 is 0 Å². The molecule has 0 aliphatic carbocycles. The Morgan fingerprint density at radius 2 is 1.44 bits per heavy atom. The number of rotatable bonds is 9. The minimum absolute atomic E-state index is 0.0683. The van der Waals surface area contributed by atoms with Gasteiger partial charge in [-0.3, -0.25) is 4.79 Å². The fraction of sp³-hybridized carbons (Fsp3) is 0.148. The number of amides is 1. The fourth-order valence-electron chi connectivity index (χ4n) is 3.57. The number of ether oxygens (including phenoxy) is 2. The van der Waals surface area contributed by atoms with Gasteiger partial charge in [-0.05, 0) is 17.2 Å². The zero-order valence-electron chi connectivity index (χ0n) is 18.4. The Morgan fingerprint density at radius 1 is 0.794 bits per heavy atom. The summed E-state index contributed by atoms with van der Waals surface area (Å²) in [6.45, 7) is -0.370. The van der Waals surface area contributed by atoms with Crippen LogP contribution in [0, 0.1) is 0 Å². The molecule has 172 valence electrons. The van der Waals surface area contributed by atoms with Crippen molar-refractivity contribution in [2.75, 3.05) is 6.61 Å². The standard InChI is InChI=1S/C27H24N2O5/c30-25(22-16-28-23-14-8-7-13-21(22)23)18-33-26(31)24(15-19-9-3-1-4-10-19)29-27(32)34-17-20-11-5-2-6-12-20/h1-14,16,24,28H,15,17-18H2,(H,29,32). The molecule has 0 saturated carbocycles. The molecule has 34 heavy (non-hydrogen) atoms. The summed E-state index contributed by atoms with van der Waals surface area (Å²) in [6, 6.07) is 24.8. The van der Waals surface area contributed by atoms with Gasteiger partial charge < -0.3 is 19.8 Å². The molecule has 1 atom stereocenters. The first-order valence-corrected chi connectivity index (χ1v) is 10.9. The summed E-state index contributed by atoms with van der Waals surface area (Å²) in [4.78, 5) is 40.9. The second kappa shape index (κ2) is 11.0. The maximum absolute atomic E-state index is 12.8. The number of fused-ring (bicyclic) bond motifs is 1. The number of hydrogen-bond acceptors (Lipinski definition) is 5. The number of ketones is 1. The minimum atomic E-state index is -1.01. The Kier molecular flexibility index (Phi) is 7.35. The number of alkyl carbamates (subject to hydrolysis) is 1. The van der Waals surface area contributed by atoms with E-state index in [1.807, 2.05) is 84.9 Å². The van der Waals surface area contributed by atoms with Gasteiger partial charge in [-0.1, -0.05) is 78.9 Å². The molecule has 1 heterocycles. The molecule has 4 rings (SSSR count). The summed E-state index contributed by atoms with van der Waals surface area (Å²) in [5, 5.41) is 3.33. The van der Waals surface area contributed by atoms with Crippen LogP contribution in [0.2, 0.25) is 0 Å². The van der Waals surface area contributed by atoms with E-state index in [1.165, 1.54) is 0 Å². The third-order valence-electron chi connectivity index (χ3n) is 5.31. The molecule has 0 aliphatic rings. The summed E-state index contributed by atoms with van der Waals surface area (Å²) in [7, 11) is 0. The van der Waals surface area contributed by atoms with E-state index in [9.17, 15) is 14.4 Å². The fourth-order valence-corrected chi connectivity index (χ4v) is 3.57. The van der Waals surface area contributed by atoms with Crippen LogP contribution in [0.25, 0.3) is 10.9 Å². The third kappa shape index (κ3) is 5.89. The second-order valence-electron chi connectivity index (χ2n) is 7.73. The van der Waals surface area contributed by atoms with E-state index in [2.05, 4.69) is 10.3 Å². The molecule has 7 heteroatoms. The molecular weight excluding hydrogens is 432 g/mol. The van der Waals surface area contributed by atoms with E-state index < -0.39 is 24.7 Å². The molecule has 1 aromatic heterocycles. The summed E-state index contributed by atoms with van der Waals surface area (Å²) in [5.41, 5.74) is 2.92. The van der Waals surface area contributed by atoms with Crippen molar-refractivity contribution in [2.24, 2.45) is 0 Å². The number of aromatic nitrogens is 1. The van der Waals surface area contributed by atoms with Crippen molar-refractivity contribution >= 4 is 28.7 Å². The van der Waals surface area contributed by atoms with Crippen LogP contribution in [0.3, 0.4) is 0 Å². The molecule has 2 N–H and O–H groups in total. The molecule has 4 aromatic rings. The van der Waals surface area contributed by atoms with Crippen LogP contribution in [-0.4, -0.2) is 35.5 Å². The molecule has 0 aliphatic heterocycles. The van der Waals surface area contributed by atoms with Crippen LogP contribution in [0.5, 0.6) is 0 Å². The number of benzene rings is 3. The van der Waals surface area contributed by atoms with E-state index in [-0.39, 0.29) is 18.8 Å². The molecule has 0 bridgehead atoms. The summed E-state index contributed by atoms with van der Waals surface area (Å²) in [5.74, 6) is -1.05. The van der Waals surface area contributed by atoms with E-state index in [1.54, 1.807) is 6.20 Å². The largest absolute Gasteiger partial charge is 0.456 e. The number of Topliss-reactive ketones (excluding diaryl/α,β-unsaturated/α-hetero) is 1. The Labute approximate surface area is 196 Å². The average Bonchev–Trinajstić information content (AvgIpc) is 3.31. The molecule has 0 radical (unpaired) electrons. The quantitative estimate of drug-likeness (QED) is 0.287. The molecular formula is C27H24N2O5. The van der Waals surface area contributed by atoms with E-state index in [0.717, 1.165) is 22.0 Å². The number of H-pyrrole nitrogens is 1. The van der Waals surface area contributed by atoms with Crippen LogP contribution in [0.15, 0.2) is 91.1 Å². The molecule has 7 nitrogen and oxygen atoms in total. The van der Waals surface area contributed by atoms with Gasteiger partial charge in [0.25, 0.3) is 0 Å². The molecule has 1 unspecified atom stereocenters. The topological polar surface area (TPSA) is 97.5 Å². The lowest BCUT2D eigenvalue weighted by atomic mass is 10.1. The van der Waals surface area contributed by atoms with Gasteiger partial charge in [-0.15, -0.1) is 0 Å². The van der Waals surface area contributed by atoms with Crippen molar-refractivity contribution in [3.05, 3.63) is 108 Å². The highest BCUT2D eigenvalue weighted by Crippen LogP contribution is 2.18. The zero-order chi connectivity index (χ0) is 23.8. The van der Waals surface area contributed by atoms with Crippen molar-refractivity contribution in [3.63, 3.8) is 0 Å². The van der Waals surface area contributed by atoms with Crippen molar-refractivity contribution < 1.29 is 23.9 Å². The van der Waals surface area contributed by atoms with Gasteiger partial charge in [-0.2, -0.15) is 0 Å². The first-order valence-electron chi connectivity index (χ1n) is 10.9. The average molecular weight is 456 g/mol. The summed E-state index contributed by atoms with van der Waals surface area (Å²) >= 11 is 0. The predicted octanol–water partition coefficient (Wildman–Crippen LogP) is 4.43. The van der Waals surface area contributed by atoms with Crippen LogP contribution < -0.4 is 5.32 Å². The Hall–Kier alpha value is -4.39. The van der Waals surface area contributed by atoms with E-state index in [4.69, 9.17) is 9.47 Å². The van der Waals surface area contributed by atoms with Gasteiger partial charge >= 0.3 is 12.1 Å². The number of para-hydroxylation sites is 1. The monoisotopic (exact) mass is 456 g/mol. The number of hydrogen-bond donors (Lipinski definition) is 2. The van der Waals surface area contributed by atoms with Crippen LogP contribution in [-0.2, 0) is 27.3 Å².